The second-order valence-corrected chi connectivity index (χ2v) is 7.91. The molecule has 0 spiro atoms. The van der Waals surface area contributed by atoms with Gasteiger partial charge in [0.05, 0.1) is 22.8 Å². The maximum Gasteiger partial charge on any atom is 0.258 e. The first kappa shape index (κ1) is 15.0. The smallest absolute Gasteiger partial charge is 0.258 e. The van der Waals surface area contributed by atoms with Crippen LogP contribution >= 0.6 is 22.7 Å². The van der Waals surface area contributed by atoms with E-state index >= 15 is 0 Å². The number of hydrogen-bond donors (Lipinski definition) is 0. The van der Waals surface area contributed by atoms with E-state index in [9.17, 15) is 0 Å². The lowest BCUT2D eigenvalue weighted by molar-refractivity contribution is 0.209. The quantitative estimate of drug-likeness (QED) is 0.713. The Morgan fingerprint density at radius 3 is 3.13 bits per heavy atom. The third kappa shape index (κ3) is 2.96. The molecule has 0 aromatic carbocycles. The highest BCUT2D eigenvalue weighted by atomic mass is 32.1. The van der Waals surface area contributed by atoms with Crippen molar-refractivity contribution in [1.82, 2.24) is 20.0 Å². The van der Waals surface area contributed by atoms with Gasteiger partial charge in [-0.15, -0.1) is 11.3 Å². The van der Waals surface area contributed by atoms with Gasteiger partial charge in [-0.1, -0.05) is 5.16 Å². The molecule has 3 aromatic rings. The van der Waals surface area contributed by atoms with E-state index in [-0.39, 0.29) is 0 Å². The van der Waals surface area contributed by atoms with Crippen molar-refractivity contribution in [2.24, 2.45) is 0 Å². The van der Waals surface area contributed by atoms with Gasteiger partial charge in [0.1, 0.15) is 0 Å². The van der Waals surface area contributed by atoms with Crippen LogP contribution in [-0.4, -0.2) is 27.1 Å². The Labute approximate surface area is 143 Å². The minimum Gasteiger partial charge on any atom is -0.334 e. The summed E-state index contributed by atoms with van der Waals surface area (Å²) >= 11 is 3.46. The van der Waals surface area contributed by atoms with Crippen LogP contribution in [0.4, 0.5) is 0 Å². The summed E-state index contributed by atoms with van der Waals surface area (Å²) in [5, 5.41) is 9.33. The molecule has 0 aliphatic heterocycles. The molecule has 23 heavy (non-hydrogen) atoms. The molecule has 3 heterocycles. The fraction of sp³-hybridized carbons (Fsp3) is 0.438. The highest BCUT2D eigenvalue weighted by Gasteiger charge is 2.27. The molecule has 0 fully saturated rings. The summed E-state index contributed by atoms with van der Waals surface area (Å²) in [4.78, 5) is 12.9. The Hall–Kier alpha value is -1.57. The molecular formula is C16H18N4OS2. The van der Waals surface area contributed by atoms with Gasteiger partial charge >= 0.3 is 0 Å². The van der Waals surface area contributed by atoms with E-state index in [1.165, 1.54) is 23.4 Å². The van der Waals surface area contributed by atoms with E-state index in [1.54, 1.807) is 11.3 Å². The summed E-state index contributed by atoms with van der Waals surface area (Å²) in [7, 11) is 2.13. The zero-order valence-electron chi connectivity index (χ0n) is 13.2. The van der Waals surface area contributed by atoms with Crippen molar-refractivity contribution in [1.29, 1.82) is 0 Å². The van der Waals surface area contributed by atoms with Crippen molar-refractivity contribution < 1.29 is 4.52 Å². The van der Waals surface area contributed by atoms with Gasteiger partial charge in [-0.3, -0.25) is 4.90 Å². The lowest BCUT2D eigenvalue weighted by Crippen LogP contribution is -2.27. The van der Waals surface area contributed by atoms with Gasteiger partial charge in [0.2, 0.25) is 0 Å². The van der Waals surface area contributed by atoms with Crippen LogP contribution in [0.15, 0.2) is 21.3 Å². The second-order valence-electron chi connectivity index (χ2n) is 5.89. The molecule has 0 unspecified atom stereocenters. The average molecular weight is 346 g/mol. The predicted molar refractivity (Wildman–Crippen MR) is 91.6 cm³/mol. The van der Waals surface area contributed by atoms with Crippen molar-refractivity contribution in [3.05, 3.63) is 38.2 Å². The van der Waals surface area contributed by atoms with Gasteiger partial charge in [-0.05, 0) is 44.7 Å². The molecule has 5 nitrogen and oxygen atoms in total. The van der Waals surface area contributed by atoms with Crippen LogP contribution in [0.25, 0.3) is 11.5 Å². The summed E-state index contributed by atoms with van der Waals surface area (Å²) in [6.45, 7) is 2.78. The molecule has 0 saturated carbocycles. The zero-order valence-corrected chi connectivity index (χ0v) is 14.8. The lowest BCUT2D eigenvalue weighted by atomic mass is 9.97. The fourth-order valence-electron chi connectivity index (χ4n) is 3.09. The Bertz CT molecular complexity index is 793. The number of aromatic nitrogens is 3. The van der Waals surface area contributed by atoms with Crippen molar-refractivity contribution in [2.75, 3.05) is 7.05 Å². The first-order valence-corrected chi connectivity index (χ1v) is 9.48. The molecule has 4 rings (SSSR count). The topological polar surface area (TPSA) is 55.1 Å². The number of thiazole rings is 1. The van der Waals surface area contributed by atoms with Gasteiger partial charge < -0.3 is 4.52 Å². The summed E-state index contributed by atoms with van der Waals surface area (Å²) in [5.41, 5.74) is 2.28. The van der Waals surface area contributed by atoms with Crippen LogP contribution in [0.2, 0.25) is 0 Å². The van der Waals surface area contributed by atoms with Crippen molar-refractivity contribution >= 4 is 22.7 Å². The summed E-state index contributed by atoms with van der Waals surface area (Å²) in [6.07, 6.45) is 3.46. The molecule has 0 N–H and O–H groups in total. The maximum atomic E-state index is 5.38. The first-order chi connectivity index (χ1) is 11.2. The van der Waals surface area contributed by atoms with Crippen LogP contribution in [0, 0.1) is 6.92 Å². The second kappa shape index (κ2) is 6.14. The van der Waals surface area contributed by atoms with Crippen LogP contribution < -0.4 is 0 Å². The van der Waals surface area contributed by atoms with Gasteiger partial charge in [-0.2, -0.15) is 16.3 Å². The summed E-state index contributed by atoms with van der Waals surface area (Å²) in [6, 6.07) is 2.41. The van der Waals surface area contributed by atoms with Crippen molar-refractivity contribution in [3.63, 3.8) is 0 Å². The number of nitrogens with zero attached hydrogens (tertiary/aromatic N) is 4. The molecule has 0 amide bonds. The minimum atomic E-state index is 0.410. The molecule has 3 aromatic heterocycles. The normalized spacial score (nSPS) is 17.6. The molecule has 1 aliphatic carbocycles. The van der Waals surface area contributed by atoms with E-state index in [2.05, 4.69) is 34.0 Å². The van der Waals surface area contributed by atoms with Crippen molar-refractivity contribution in [3.8, 4) is 11.5 Å². The number of thiophene rings is 1. The SMILES string of the molecule is Cc1nc2c(s1)[C@@H](N(C)Cc1noc(-c3ccsc3)n1)CCC2. The van der Waals surface area contributed by atoms with E-state index in [0.717, 1.165) is 22.8 Å². The molecule has 0 bridgehead atoms. The Morgan fingerprint density at radius 1 is 1.39 bits per heavy atom. The Kier molecular flexibility index (Phi) is 4.00. The van der Waals surface area contributed by atoms with Crippen LogP contribution in [0.1, 0.15) is 40.3 Å². The molecule has 7 heteroatoms. The number of hydrogen-bond acceptors (Lipinski definition) is 7. The monoisotopic (exact) mass is 346 g/mol. The van der Waals surface area contributed by atoms with E-state index in [1.807, 2.05) is 28.2 Å². The number of fused-ring (bicyclic) bond motifs is 1. The molecule has 120 valence electrons. The summed E-state index contributed by atoms with van der Waals surface area (Å²) in [5.74, 6) is 1.34. The molecule has 1 atom stereocenters. The molecule has 0 saturated heterocycles. The first-order valence-electron chi connectivity index (χ1n) is 7.72. The van der Waals surface area contributed by atoms with E-state index in [4.69, 9.17) is 4.52 Å². The molecule has 1 aliphatic rings. The Morgan fingerprint density at radius 2 is 2.30 bits per heavy atom. The maximum absolute atomic E-state index is 5.38. The van der Waals surface area contributed by atoms with E-state index in [0.29, 0.717) is 18.5 Å². The zero-order chi connectivity index (χ0) is 15.8. The van der Waals surface area contributed by atoms with Crippen LogP contribution in [0.3, 0.4) is 0 Å². The number of rotatable bonds is 4. The highest BCUT2D eigenvalue weighted by Crippen LogP contribution is 2.37. The Balaban J connectivity index is 1.51. The van der Waals surface area contributed by atoms with E-state index < -0.39 is 0 Å². The third-order valence-electron chi connectivity index (χ3n) is 4.19. The standard InChI is InChI=1S/C16H18N4OS2/c1-10-17-12-4-3-5-13(15(12)23-10)20(2)8-14-18-16(21-19-14)11-6-7-22-9-11/h6-7,9,13H,3-5,8H2,1-2H3/t13-/m0/s1. The van der Waals surface area contributed by atoms with Gasteiger partial charge in [0, 0.05) is 16.3 Å². The fourth-order valence-corrected chi connectivity index (χ4v) is 4.90. The van der Waals surface area contributed by atoms with Crippen LogP contribution in [0.5, 0.6) is 0 Å². The van der Waals surface area contributed by atoms with Crippen LogP contribution in [-0.2, 0) is 13.0 Å². The molecule has 0 radical (unpaired) electrons. The van der Waals surface area contributed by atoms with Crippen molar-refractivity contribution in [2.45, 2.75) is 38.8 Å². The minimum absolute atomic E-state index is 0.410. The predicted octanol–water partition coefficient (Wildman–Crippen LogP) is 4.07. The largest absolute Gasteiger partial charge is 0.334 e. The van der Waals surface area contributed by atoms with Gasteiger partial charge in [0.15, 0.2) is 5.82 Å². The summed E-state index contributed by atoms with van der Waals surface area (Å²) < 4.78 is 5.38. The lowest BCUT2D eigenvalue weighted by Gasteiger charge is -2.29. The van der Waals surface area contributed by atoms with Gasteiger partial charge in [0.25, 0.3) is 5.89 Å². The highest BCUT2D eigenvalue weighted by molar-refractivity contribution is 7.11. The molecular weight excluding hydrogens is 328 g/mol. The number of aryl methyl sites for hydroxylation is 2. The van der Waals surface area contributed by atoms with Gasteiger partial charge in [-0.25, -0.2) is 4.98 Å². The average Bonchev–Trinajstić information content (AvgIpc) is 3.25. The third-order valence-corrected chi connectivity index (χ3v) is 5.98.